The lowest BCUT2D eigenvalue weighted by Crippen LogP contribution is -2.03. The highest BCUT2D eigenvalue weighted by Crippen LogP contribution is 2.31. The van der Waals surface area contributed by atoms with Gasteiger partial charge < -0.3 is 9.84 Å². The first-order chi connectivity index (χ1) is 9.38. The molecule has 1 N–H and O–H groups in total. The van der Waals surface area contributed by atoms with Crippen molar-refractivity contribution in [2.24, 2.45) is 0 Å². The minimum Gasteiger partial charge on any atom is -0.476 e. The third-order valence-corrected chi connectivity index (χ3v) is 3.18. The second kappa shape index (κ2) is 5.69. The van der Waals surface area contributed by atoms with E-state index < -0.39 is 5.97 Å². The van der Waals surface area contributed by atoms with Crippen LogP contribution in [0.5, 0.6) is 11.6 Å². The lowest BCUT2D eigenvalue weighted by molar-refractivity contribution is 0.0690. The maximum Gasteiger partial charge on any atom is 0.356 e. The van der Waals surface area contributed by atoms with E-state index in [2.05, 4.69) is 4.98 Å². The van der Waals surface area contributed by atoms with Gasteiger partial charge >= 0.3 is 5.97 Å². The molecule has 0 aliphatic rings. The van der Waals surface area contributed by atoms with E-state index in [4.69, 9.17) is 33.0 Å². The first-order valence-corrected chi connectivity index (χ1v) is 6.48. The molecule has 0 spiro atoms. The number of aromatic nitrogens is 1. The summed E-state index contributed by atoms with van der Waals surface area (Å²) >= 11 is 11.7. The molecule has 2 aromatic rings. The number of halogens is 2. The summed E-state index contributed by atoms with van der Waals surface area (Å²) in [5.41, 5.74) is 1.43. The normalized spacial score (nSPS) is 10.4. The van der Waals surface area contributed by atoms with Crippen molar-refractivity contribution in [3.63, 3.8) is 0 Å². The zero-order valence-electron chi connectivity index (χ0n) is 10.8. The van der Waals surface area contributed by atoms with Gasteiger partial charge in [-0.15, -0.1) is 0 Å². The Morgan fingerprint density at radius 2 is 1.80 bits per heavy atom. The average Bonchev–Trinajstić information content (AvgIpc) is 2.35. The number of rotatable bonds is 3. The number of benzene rings is 1. The van der Waals surface area contributed by atoms with Crippen LogP contribution in [-0.4, -0.2) is 16.1 Å². The van der Waals surface area contributed by atoms with Gasteiger partial charge in [-0.3, -0.25) is 0 Å². The predicted molar refractivity (Wildman–Crippen MR) is 77.2 cm³/mol. The van der Waals surface area contributed by atoms with Crippen molar-refractivity contribution < 1.29 is 14.6 Å². The van der Waals surface area contributed by atoms with Crippen LogP contribution in [0, 0.1) is 13.8 Å². The predicted octanol–water partition coefficient (Wildman–Crippen LogP) is 4.50. The van der Waals surface area contributed by atoms with Crippen molar-refractivity contribution in [1.29, 1.82) is 0 Å². The number of ether oxygens (including phenoxy) is 1. The van der Waals surface area contributed by atoms with Gasteiger partial charge in [-0.05, 0) is 43.2 Å². The molecule has 0 saturated carbocycles. The Kier molecular flexibility index (Phi) is 4.16. The number of hydrogen-bond acceptors (Lipinski definition) is 3. The van der Waals surface area contributed by atoms with Crippen molar-refractivity contribution in [3.8, 4) is 11.6 Å². The summed E-state index contributed by atoms with van der Waals surface area (Å²) in [4.78, 5) is 14.9. The molecule has 104 valence electrons. The van der Waals surface area contributed by atoms with Crippen LogP contribution in [0.4, 0.5) is 0 Å². The molecule has 2 rings (SSSR count). The van der Waals surface area contributed by atoms with Crippen molar-refractivity contribution in [2.45, 2.75) is 13.8 Å². The maximum absolute atomic E-state index is 11.0. The smallest absolute Gasteiger partial charge is 0.356 e. The van der Waals surface area contributed by atoms with Crippen LogP contribution >= 0.6 is 23.2 Å². The molecule has 0 aliphatic carbocycles. The highest BCUT2D eigenvalue weighted by Gasteiger charge is 2.14. The van der Waals surface area contributed by atoms with Crippen LogP contribution < -0.4 is 4.74 Å². The topological polar surface area (TPSA) is 59.4 Å². The largest absolute Gasteiger partial charge is 0.476 e. The molecule has 0 saturated heterocycles. The molecule has 20 heavy (non-hydrogen) atoms. The minimum absolute atomic E-state index is 0.0643. The summed E-state index contributed by atoms with van der Waals surface area (Å²) in [6.07, 6.45) is 0. The molecule has 0 atom stereocenters. The van der Waals surface area contributed by atoms with Gasteiger partial charge in [0.05, 0.1) is 5.02 Å². The van der Waals surface area contributed by atoms with Gasteiger partial charge in [0.2, 0.25) is 5.88 Å². The summed E-state index contributed by atoms with van der Waals surface area (Å²) in [6.45, 7) is 3.70. The van der Waals surface area contributed by atoms with Gasteiger partial charge in [0, 0.05) is 11.1 Å². The SMILES string of the molecule is Cc1cc(Cl)cc(C)c1Oc1ccc(Cl)c(C(=O)O)n1. The Hall–Kier alpha value is -1.78. The minimum atomic E-state index is -1.20. The molecule has 0 unspecified atom stereocenters. The van der Waals surface area contributed by atoms with Crippen LogP contribution in [0.25, 0.3) is 0 Å². The second-order valence-electron chi connectivity index (χ2n) is 4.26. The van der Waals surface area contributed by atoms with E-state index in [0.717, 1.165) is 11.1 Å². The van der Waals surface area contributed by atoms with Crippen LogP contribution in [0.15, 0.2) is 24.3 Å². The van der Waals surface area contributed by atoms with E-state index in [1.165, 1.54) is 12.1 Å². The number of pyridine rings is 1. The quantitative estimate of drug-likeness (QED) is 0.906. The van der Waals surface area contributed by atoms with Crippen LogP contribution in [-0.2, 0) is 0 Å². The maximum atomic E-state index is 11.0. The number of hydrogen-bond donors (Lipinski definition) is 1. The van der Waals surface area contributed by atoms with Gasteiger partial charge in [0.1, 0.15) is 5.75 Å². The van der Waals surface area contributed by atoms with Gasteiger partial charge in [0.25, 0.3) is 0 Å². The molecular weight excluding hydrogens is 301 g/mol. The van der Waals surface area contributed by atoms with Gasteiger partial charge in [-0.2, -0.15) is 0 Å². The van der Waals surface area contributed by atoms with Crippen molar-refractivity contribution >= 4 is 29.2 Å². The number of aryl methyl sites for hydroxylation is 2. The van der Waals surface area contributed by atoms with Crippen molar-refractivity contribution in [1.82, 2.24) is 4.98 Å². The number of carbonyl (C=O) groups is 1. The summed E-state index contributed by atoms with van der Waals surface area (Å²) < 4.78 is 5.65. The average molecular weight is 312 g/mol. The summed E-state index contributed by atoms with van der Waals surface area (Å²) in [7, 11) is 0. The first kappa shape index (κ1) is 14.6. The number of aromatic carboxylic acids is 1. The highest BCUT2D eigenvalue weighted by atomic mass is 35.5. The fourth-order valence-electron chi connectivity index (χ4n) is 1.79. The highest BCUT2D eigenvalue weighted by molar-refractivity contribution is 6.33. The first-order valence-electron chi connectivity index (χ1n) is 5.73. The Bertz CT molecular complexity index is 663. The Balaban J connectivity index is 2.41. The van der Waals surface area contributed by atoms with E-state index in [1.807, 2.05) is 13.8 Å². The Morgan fingerprint density at radius 3 is 2.35 bits per heavy atom. The van der Waals surface area contributed by atoms with Crippen molar-refractivity contribution in [2.75, 3.05) is 0 Å². The van der Waals surface area contributed by atoms with Crippen LogP contribution in [0.1, 0.15) is 21.6 Å². The third-order valence-electron chi connectivity index (χ3n) is 2.65. The number of carboxylic acids is 1. The molecule has 6 heteroatoms. The fraction of sp³-hybridized carbons (Fsp3) is 0.143. The van der Waals surface area contributed by atoms with E-state index in [9.17, 15) is 4.79 Å². The monoisotopic (exact) mass is 311 g/mol. The zero-order valence-corrected chi connectivity index (χ0v) is 12.3. The third kappa shape index (κ3) is 3.03. The molecule has 0 aliphatic heterocycles. The standard InChI is InChI=1S/C14H11Cl2NO3/c1-7-5-9(15)6-8(2)13(7)20-11-4-3-10(16)12(17-11)14(18)19/h3-6H,1-2H3,(H,18,19). The number of nitrogens with zero attached hydrogens (tertiary/aromatic N) is 1. The van der Waals surface area contributed by atoms with Gasteiger partial charge in [-0.25, -0.2) is 9.78 Å². The number of carboxylic acid groups (broad SMARTS) is 1. The van der Waals surface area contributed by atoms with E-state index in [1.54, 1.807) is 12.1 Å². The molecule has 4 nitrogen and oxygen atoms in total. The molecule has 1 aromatic heterocycles. The summed E-state index contributed by atoms with van der Waals surface area (Å²) in [5, 5.41) is 9.66. The molecule has 0 bridgehead atoms. The molecule has 0 amide bonds. The van der Waals surface area contributed by atoms with E-state index in [0.29, 0.717) is 10.8 Å². The van der Waals surface area contributed by atoms with Crippen molar-refractivity contribution in [3.05, 3.63) is 51.1 Å². The van der Waals surface area contributed by atoms with Gasteiger partial charge in [0.15, 0.2) is 5.69 Å². The summed E-state index contributed by atoms with van der Waals surface area (Å²) in [5.74, 6) is -0.439. The van der Waals surface area contributed by atoms with E-state index in [-0.39, 0.29) is 16.6 Å². The Morgan fingerprint density at radius 1 is 1.20 bits per heavy atom. The van der Waals surface area contributed by atoms with Crippen LogP contribution in [0.2, 0.25) is 10.0 Å². The molecule has 0 fully saturated rings. The lowest BCUT2D eigenvalue weighted by atomic mass is 10.1. The Labute approximate surface area is 125 Å². The van der Waals surface area contributed by atoms with Crippen LogP contribution in [0.3, 0.4) is 0 Å². The summed E-state index contributed by atoms with van der Waals surface area (Å²) in [6, 6.07) is 6.48. The van der Waals surface area contributed by atoms with E-state index >= 15 is 0 Å². The molecule has 1 heterocycles. The van der Waals surface area contributed by atoms with Gasteiger partial charge in [-0.1, -0.05) is 23.2 Å². The molecular formula is C14H11Cl2NO3. The zero-order chi connectivity index (χ0) is 14.9. The fourth-order valence-corrected chi connectivity index (χ4v) is 2.31. The second-order valence-corrected chi connectivity index (χ2v) is 5.10. The molecule has 1 aromatic carbocycles. The molecule has 0 radical (unpaired) electrons. The lowest BCUT2D eigenvalue weighted by Gasteiger charge is -2.12.